The first-order chi connectivity index (χ1) is 19.7. The summed E-state index contributed by atoms with van der Waals surface area (Å²) in [6.07, 6.45) is 1.56. The van der Waals surface area contributed by atoms with E-state index in [2.05, 4.69) is 0 Å². The van der Waals surface area contributed by atoms with E-state index in [9.17, 15) is 14.4 Å². The zero-order chi connectivity index (χ0) is 29.1. The van der Waals surface area contributed by atoms with Crippen molar-refractivity contribution in [2.24, 2.45) is 5.73 Å². The normalized spacial score (nSPS) is 21.2. The molecule has 3 aromatic rings. The summed E-state index contributed by atoms with van der Waals surface area (Å²) in [5.74, 6) is -1.61. The van der Waals surface area contributed by atoms with E-state index in [-0.39, 0.29) is 35.4 Å². The van der Waals surface area contributed by atoms with Crippen LogP contribution in [0.2, 0.25) is 10.0 Å². The third-order valence-electron chi connectivity index (χ3n) is 7.98. The Morgan fingerprint density at radius 1 is 1.15 bits per heavy atom. The van der Waals surface area contributed by atoms with Crippen molar-refractivity contribution in [3.05, 3.63) is 103 Å². The largest absolute Gasteiger partial charge is 0.465 e. The molecule has 2 atom stereocenters. The van der Waals surface area contributed by atoms with Crippen molar-refractivity contribution in [3.8, 4) is 5.75 Å². The van der Waals surface area contributed by atoms with Crippen molar-refractivity contribution in [2.45, 2.75) is 44.4 Å². The second-order valence-corrected chi connectivity index (χ2v) is 11.1. The van der Waals surface area contributed by atoms with E-state index >= 15 is 0 Å². The van der Waals surface area contributed by atoms with Crippen LogP contribution in [-0.2, 0) is 37.6 Å². The maximum Gasteiger partial charge on any atom is 0.340 e. The van der Waals surface area contributed by atoms with E-state index in [4.69, 9.17) is 43.1 Å². The standard InChI is InChI=1S/C30H27Cl2N3O6/c1-16-12-23-24(27(36)34(16)15-18-6-5-11-40-18)30(25(26(33)41-23)28(37)39-2)19-7-3-4-8-22(19)35(29(30)38)14-17-9-10-20(31)21(32)13-17/h3-4,7-10,12-13,18H,5-6,11,14-15,33H2,1-2H3/t18-,30-/m1/s1. The number of para-hydroxylation sites is 1. The highest BCUT2D eigenvalue weighted by atomic mass is 35.5. The number of ether oxygens (including phenoxy) is 3. The van der Waals surface area contributed by atoms with Crippen LogP contribution >= 0.6 is 23.2 Å². The molecule has 0 radical (unpaired) electrons. The molecule has 0 unspecified atom stereocenters. The molecule has 1 saturated heterocycles. The second kappa shape index (κ2) is 10.2. The van der Waals surface area contributed by atoms with Gasteiger partial charge in [-0.15, -0.1) is 0 Å². The zero-order valence-electron chi connectivity index (χ0n) is 22.4. The lowest BCUT2D eigenvalue weighted by atomic mass is 9.68. The number of pyridine rings is 1. The number of rotatable bonds is 5. The van der Waals surface area contributed by atoms with Crippen LogP contribution in [0.3, 0.4) is 0 Å². The van der Waals surface area contributed by atoms with Gasteiger partial charge in [0.2, 0.25) is 11.8 Å². The number of aryl methyl sites for hydroxylation is 1. The van der Waals surface area contributed by atoms with Gasteiger partial charge in [0, 0.05) is 29.6 Å². The molecular weight excluding hydrogens is 569 g/mol. The Bertz CT molecular complexity index is 1690. The number of fused-ring (bicyclic) bond motifs is 4. The fraction of sp³-hybridized carbons (Fsp3) is 0.300. The Kier molecular flexibility index (Phi) is 6.84. The van der Waals surface area contributed by atoms with Gasteiger partial charge < -0.3 is 29.4 Å². The number of carbonyl (C=O) groups excluding carboxylic acids is 2. The minimum Gasteiger partial charge on any atom is -0.465 e. The van der Waals surface area contributed by atoms with E-state index in [0.717, 1.165) is 12.8 Å². The number of nitrogens with two attached hydrogens (primary N) is 1. The highest BCUT2D eigenvalue weighted by molar-refractivity contribution is 6.42. The second-order valence-electron chi connectivity index (χ2n) is 10.3. The van der Waals surface area contributed by atoms with Gasteiger partial charge in [-0.05, 0) is 43.5 Å². The molecule has 41 heavy (non-hydrogen) atoms. The predicted octanol–water partition coefficient (Wildman–Crippen LogP) is 4.21. The Morgan fingerprint density at radius 3 is 2.63 bits per heavy atom. The van der Waals surface area contributed by atoms with Crippen molar-refractivity contribution in [1.82, 2.24) is 4.57 Å². The molecule has 9 nitrogen and oxygen atoms in total. The first kappa shape index (κ1) is 27.4. The molecule has 1 fully saturated rings. The number of hydrogen-bond acceptors (Lipinski definition) is 7. The van der Waals surface area contributed by atoms with Crippen LogP contribution in [0.15, 0.2) is 64.8 Å². The number of anilines is 1. The molecule has 0 bridgehead atoms. The lowest BCUT2D eigenvalue weighted by Crippen LogP contribution is -2.52. The molecule has 6 rings (SSSR count). The summed E-state index contributed by atoms with van der Waals surface area (Å²) in [5.41, 5.74) is 5.99. The number of carbonyl (C=O) groups is 2. The number of halogens is 2. The lowest BCUT2D eigenvalue weighted by molar-refractivity contribution is -0.138. The van der Waals surface area contributed by atoms with E-state index in [1.54, 1.807) is 60.0 Å². The summed E-state index contributed by atoms with van der Waals surface area (Å²) < 4.78 is 18.4. The van der Waals surface area contributed by atoms with Gasteiger partial charge in [0.1, 0.15) is 16.7 Å². The van der Waals surface area contributed by atoms with E-state index in [1.165, 1.54) is 12.0 Å². The van der Waals surface area contributed by atoms with Crippen LogP contribution in [0.5, 0.6) is 5.75 Å². The van der Waals surface area contributed by atoms with Crippen molar-refractivity contribution in [3.63, 3.8) is 0 Å². The molecule has 3 aliphatic rings. The topological polar surface area (TPSA) is 113 Å². The fourth-order valence-corrected chi connectivity index (χ4v) is 6.45. The Morgan fingerprint density at radius 2 is 1.93 bits per heavy atom. The van der Waals surface area contributed by atoms with Crippen LogP contribution in [0.4, 0.5) is 5.69 Å². The summed E-state index contributed by atoms with van der Waals surface area (Å²) in [6.45, 7) is 2.79. The molecule has 2 N–H and O–H groups in total. The lowest BCUT2D eigenvalue weighted by Gasteiger charge is -2.36. The summed E-state index contributed by atoms with van der Waals surface area (Å²) in [6, 6.07) is 13.8. The highest BCUT2D eigenvalue weighted by Crippen LogP contribution is 2.55. The molecule has 212 valence electrons. The molecule has 3 aliphatic heterocycles. The number of amides is 1. The van der Waals surface area contributed by atoms with Crippen LogP contribution in [0, 0.1) is 6.92 Å². The maximum absolute atomic E-state index is 14.9. The van der Waals surface area contributed by atoms with Crippen molar-refractivity contribution >= 4 is 40.8 Å². The Labute approximate surface area is 246 Å². The molecule has 1 amide bonds. The first-order valence-electron chi connectivity index (χ1n) is 13.2. The van der Waals surface area contributed by atoms with Crippen molar-refractivity contribution < 1.29 is 23.8 Å². The molecule has 11 heteroatoms. The monoisotopic (exact) mass is 595 g/mol. The number of aromatic nitrogens is 1. The number of nitrogens with zero attached hydrogens (tertiary/aromatic N) is 2. The van der Waals surface area contributed by atoms with Gasteiger partial charge in [-0.25, -0.2) is 4.79 Å². The molecule has 1 aromatic heterocycles. The predicted molar refractivity (Wildman–Crippen MR) is 153 cm³/mol. The summed E-state index contributed by atoms with van der Waals surface area (Å²) >= 11 is 12.4. The summed E-state index contributed by atoms with van der Waals surface area (Å²) in [4.78, 5) is 44.3. The number of benzene rings is 2. The molecule has 0 saturated carbocycles. The van der Waals surface area contributed by atoms with Crippen LogP contribution in [0.1, 0.15) is 35.2 Å². The third-order valence-corrected chi connectivity index (χ3v) is 8.72. The van der Waals surface area contributed by atoms with Crippen molar-refractivity contribution in [2.75, 3.05) is 18.6 Å². The average Bonchev–Trinajstić information content (AvgIpc) is 3.54. The fourth-order valence-electron chi connectivity index (χ4n) is 6.13. The van der Waals surface area contributed by atoms with Gasteiger partial charge in [-0.1, -0.05) is 47.5 Å². The summed E-state index contributed by atoms with van der Waals surface area (Å²) in [7, 11) is 1.19. The SMILES string of the molecule is COC(=O)C1=C(N)Oc2cc(C)n(C[C@H]3CCCO3)c(=O)c2[C@@]12C(=O)N(Cc1ccc(Cl)c(Cl)c1)c1ccccc12. The minimum absolute atomic E-state index is 0.00443. The molecular formula is C30H27Cl2N3O6. The van der Waals surface area contributed by atoms with Crippen LogP contribution in [0.25, 0.3) is 0 Å². The summed E-state index contributed by atoms with van der Waals surface area (Å²) in [5, 5.41) is 0.714. The van der Waals surface area contributed by atoms with E-state index in [0.29, 0.717) is 45.7 Å². The van der Waals surface area contributed by atoms with Crippen LogP contribution in [-0.4, -0.2) is 36.3 Å². The molecule has 4 heterocycles. The molecule has 0 aliphatic carbocycles. The maximum atomic E-state index is 14.9. The van der Waals surface area contributed by atoms with Crippen LogP contribution < -0.4 is 20.9 Å². The minimum atomic E-state index is -1.92. The molecule has 1 spiro atoms. The van der Waals surface area contributed by atoms with Crippen molar-refractivity contribution in [1.29, 1.82) is 0 Å². The van der Waals surface area contributed by atoms with Gasteiger partial charge in [-0.3, -0.25) is 9.59 Å². The number of methoxy groups -OCH3 is 1. The van der Waals surface area contributed by atoms with Gasteiger partial charge in [0.05, 0.1) is 41.9 Å². The smallest absolute Gasteiger partial charge is 0.340 e. The van der Waals surface area contributed by atoms with Gasteiger partial charge in [0.25, 0.3) is 5.56 Å². The van der Waals surface area contributed by atoms with E-state index < -0.39 is 22.9 Å². The highest BCUT2D eigenvalue weighted by Gasteiger charge is 2.62. The van der Waals surface area contributed by atoms with E-state index in [1.807, 2.05) is 0 Å². The van der Waals surface area contributed by atoms with Gasteiger partial charge >= 0.3 is 5.97 Å². The van der Waals surface area contributed by atoms with Gasteiger partial charge in [0.15, 0.2) is 0 Å². The number of esters is 1. The number of hydrogen-bond donors (Lipinski definition) is 1. The quantitative estimate of drug-likeness (QED) is 0.439. The van der Waals surface area contributed by atoms with Gasteiger partial charge in [-0.2, -0.15) is 0 Å². The Hall–Kier alpha value is -3.79. The molecule has 2 aromatic carbocycles. The Balaban J connectivity index is 1.62. The first-order valence-corrected chi connectivity index (χ1v) is 13.9. The average molecular weight is 596 g/mol. The third kappa shape index (κ3) is 4.14. The zero-order valence-corrected chi connectivity index (χ0v) is 23.9.